The fraction of sp³-hybridized carbons (Fsp3) is 0.529. The lowest BCUT2D eigenvalue weighted by Gasteiger charge is -2.19. The van der Waals surface area contributed by atoms with Gasteiger partial charge in [-0.05, 0) is 51.7 Å². The number of benzene rings is 1. The minimum absolute atomic E-state index is 0.363. The minimum atomic E-state index is -1.27. The van der Waals surface area contributed by atoms with E-state index in [4.69, 9.17) is 5.26 Å². The molecule has 112 valence electrons. The second-order valence-corrected chi connectivity index (χ2v) is 8.48. The van der Waals surface area contributed by atoms with E-state index in [1.807, 2.05) is 39.0 Å². The lowest BCUT2D eigenvalue weighted by Crippen LogP contribution is -2.27. The van der Waals surface area contributed by atoms with Crippen molar-refractivity contribution in [3.05, 3.63) is 35.4 Å². The van der Waals surface area contributed by atoms with Crippen LogP contribution in [-0.2, 0) is 11.4 Å². The van der Waals surface area contributed by atoms with Gasteiger partial charge in [0.15, 0.2) is 0 Å². The predicted octanol–water partition coefficient (Wildman–Crippen LogP) is 4.00. The van der Waals surface area contributed by atoms with Crippen molar-refractivity contribution in [1.29, 1.82) is 5.26 Å². The van der Waals surface area contributed by atoms with E-state index < -0.39 is 11.4 Å². The molecule has 0 saturated heterocycles. The molecule has 3 nitrogen and oxygen atoms in total. The first kappa shape index (κ1) is 16.1. The summed E-state index contributed by atoms with van der Waals surface area (Å²) in [6, 6.07) is 9.58. The summed E-state index contributed by atoms with van der Waals surface area (Å²) in [5, 5.41) is 9.03. The molecule has 0 unspecified atom stereocenters. The van der Waals surface area contributed by atoms with Crippen LogP contribution in [0.4, 0.5) is 0 Å². The average molecular weight is 302 g/mol. The molecule has 1 aliphatic rings. The van der Waals surface area contributed by atoms with Gasteiger partial charge in [-0.1, -0.05) is 29.4 Å². The van der Waals surface area contributed by atoms with Gasteiger partial charge in [0.25, 0.3) is 0 Å². The number of rotatable bonds is 5. The first-order chi connectivity index (χ1) is 9.90. The molecule has 21 heavy (non-hydrogen) atoms. The number of nitrogens with zero attached hydrogens (tertiary/aromatic N) is 2. The Bertz CT molecular complexity index is 565. The molecular weight excluding hydrogens is 280 g/mol. The molecular formula is C17H22N2OS. The number of nitriles is 1. The standard InChI is InChI=1S/C17H22N2OS/c1-17(2,3)21(20)19-16(10-9-13-7-8-13)15-6-4-5-14(11-15)12-18/h4-6,11,13H,7-10H2,1-3H3/t21-/m0/s1. The topological polar surface area (TPSA) is 59.2 Å². The van der Waals surface area contributed by atoms with E-state index in [-0.39, 0.29) is 4.75 Å². The van der Waals surface area contributed by atoms with E-state index in [0.29, 0.717) is 5.56 Å². The highest BCUT2D eigenvalue weighted by Gasteiger charge is 2.28. The summed E-state index contributed by atoms with van der Waals surface area (Å²) in [4.78, 5) is 0. The number of hydrogen-bond acceptors (Lipinski definition) is 3. The molecule has 1 aromatic rings. The Morgan fingerprint density at radius 2 is 2.14 bits per heavy atom. The highest BCUT2D eigenvalue weighted by molar-refractivity contribution is 7.91. The Morgan fingerprint density at radius 3 is 2.71 bits per heavy atom. The fourth-order valence-corrected chi connectivity index (χ4v) is 2.67. The summed E-state index contributed by atoms with van der Waals surface area (Å²) < 4.78 is 16.4. The predicted molar refractivity (Wildman–Crippen MR) is 87.5 cm³/mol. The summed E-state index contributed by atoms with van der Waals surface area (Å²) in [7, 11) is 0. The third kappa shape index (κ3) is 4.87. The van der Waals surface area contributed by atoms with Crippen molar-refractivity contribution >= 4 is 17.1 Å². The average Bonchev–Trinajstić information content (AvgIpc) is 3.26. The van der Waals surface area contributed by atoms with Crippen LogP contribution in [0.15, 0.2) is 28.7 Å². The second-order valence-electron chi connectivity index (χ2n) is 6.57. The van der Waals surface area contributed by atoms with Crippen LogP contribution in [0.2, 0.25) is 0 Å². The van der Waals surface area contributed by atoms with Gasteiger partial charge in [-0.3, -0.25) is 0 Å². The molecule has 2 rings (SSSR count). The van der Waals surface area contributed by atoms with Crippen LogP contribution >= 0.6 is 0 Å². The van der Waals surface area contributed by atoms with Gasteiger partial charge in [0.1, 0.15) is 16.1 Å². The minimum Gasteiger partial charge on any atom is -0.591 e. The molecule has 0 radical (unpaired) electrons. The van der Waals surface area contributed by atoms with E-state index >= 15 is 0 Å². The van der Waals surface area contributed by atoms with E-state index in [9.17, 15) is 4.55 Å². The first-order valence-electron chi connectivity index (χ1n) is 7.40. The largest absolute Gasteiger partial charge is 0.591 e. The molecule has 1 aliphatic carbocycles. The summed E-state index contributed by atoms with van der Waals surface area (Å²) in [5.41, 5.74) is 2.41. The van der Waals surface area contributed by atoms with Gasteiger partial charge in [0, 0.05) is 5.56 Å². The third-order valence-electron chi connectivity index (χ3n) is 3.53. The maximum atomic E-state index is 12.3. The van der Waals surface area contributed by atoms with E-state index in [0.717, 1.165) is 30.0 Å². The third-order valence-corrected chi connectivity index (χ3v) is 4.96. The SMILES string of the molecule is CC(C)(C)[S@+]([O-])N=C(CCC1CC1)c1cccc(C#N)c1. The van der Waals surface area contributed by atoms with E-state index in [2.05, 4.69) is 10.5 Å². The zero-order chi connectivity index (χ0) is 15.5. The molecule has 0 aliphatic heterocycles. The van der Waals surface area contributed by atoms with Gasteiger partial charge >= 0.3 is 0 Å². The highest BCUT2D eigenvalue weighted by Crippen LogP contribution is 2.34. The molecule has 0 aromatic heterocycles. The molecule has 1 aromatic carbocycles. The molecule has 0 heterocycles. The molecule has 1 atom stereocenters. The van der Waals surface area contributed by atoms with Gasteiger partial charge in [-0.2, -0.15) is 5.26 Å². The summed E-state index contributed by atoms with van der Waals surface area (Å²) in [6.07, 6.45) is 4.53. The van der Waals surface area contributed by atoms with Gasteiger partial charge in [-0.15, -0.1) is 0 Å². The monoisotopic (exact) mass is 302 g/mol. The summed E-state index contributed by atoms with van der Waals surface area (Å²) >= 11 is -1.27. The summed E-state index contributed by atoms with van der Waals surface area (Å²) in [6.45, 7) is 5.78. The lowest BCUT2D eigenvalue weighted by molar-refractivity contribution is 0.561. The second kappa shape index (κ2) is 6.64. The molecule has 0 amide bonds. The van der Waals surface area contributed by atoms with Gasteiger partial charge in [-0.25, -0.2) is 0 Å². The van der Waals surface area contributed by atoms with E-state index in [1.54, 1.807) is 6.07 Å². The molecule has 4 heteroatoms. The molecule has 1 saturated carbocycles. The smallest absolute Gasteiger partial charge is 0.144 e. The van der Waals surface area contributed by atoms with Crippen molar-refractivity contribution in [2.75, 3.05) is 0 Å². The van der Waals surface area contributed by atoms with Gasteiger partial charge < -0.3 is 4.55 Å². The van der Waals surface area contributed by atoms with Crippen LogP contribution in [-0.4, -0.2) is 15.0 Å². The lowest BCUT2D eigenvalue weighted by atomic mass is 10.0. The van der Waals surface area contributed by atoms with E-state index in [1.165, 1.54) is 12.8 Å². The quantitative estimate of drug-likeness (QED) is 0.609. The molecule has 0 N–H and O–H groups in total. The van der Waals surface area contributed by atoms with Crippen LogP contribution in [0, 0.1) is 17.2 Å². The Kier molecular flexibility index (Phi) is 5.08. The van der Waals surface area contributed by atoms with Crippen molar-refractivity contribution in [2.24, 2.45) is 10.3 Å². The van der Waals surface area contributed by atoms with Crippen molar-refractivity contribution in [3.8, 4) is 6.07 Å². The maximum absolute atomic E-state index is 12.3. The van der Waals surface area contributed by atoms with Crippen LogP contribution in [0.1, 0.15) is 57.6 Å². The van der Waals surface area contributed by atoms with Crippen molar-refractivity contribution in [3.63, 3.8) is 0 Å². The zero-order valence-corrected chi connectivity index (χ0v) is 13.7. The molecule has 0 spiro atoms. The Balaban J connectivity index is 2.25. The summed E-state index contributed by atoms with van der Waals surface area (Å²) in [5.74, 6) is 0.803. The first-order valence-corrected chi connectivity index (χ1v) is 8.51. The van der Waals surface area contributed by atoms with Crippen LogP contribution in [0.25, 0.3) is 0 Å². The molecule has 1 fully saturated rings. The van der Waals surface area contributed by atoms with Crippen LogP contribution in [0.5, 0.6) is 0 Å². The normalized spacial score (nSPS) is 17.4. The van der Waals surface area contributed by atoms with Crippen molar-refractivity contribution in [2.45, 2.75) is 51.2 Å². The van der Waals surface area contributed by atoms with Gasteiger partial charge in [0.05, 0.1) is 17.3 Å². The zero-order valence-electron chi connectivity index (χ0n) is 12.9. The fourth-order valence-electron chi connectivity index (χ4n) is 2.00. The Labute approximate surface area is 130 Å². The van der Waals surface area contributed by atoms with Gasteiger partial charge in [0.2, 0.25) is 0 Å². The maximum Gasteiger partial charge on any atom is 0.144 e. The van der Waals surface area contributed by atoms with Crippen molar-refractivity contribution in [1.82, 2.24) is 0 Å². The highest BCUT2D eigenvalue weighted by atomic mass is 32.2. The number of hydrogen-bond donors (Lipinski definition) is 0. The van der Waals surface area contributed by atoms with Crippen LogP contribution in [0.3, 0.4) is 0 Å². The molecule has 0 bridgehead atoms. The van der Waals surface area contributed by atoms with Crippen molar-refractivity contribution < 1.29 is 4.55 Å². The van der Waals surface area contributed by atoms with Crippen LogP contribution < -0.4 is 0 Å². The Hall–Kier alpha value is -1.31. The Morgan fingerprint density at radius 1 is 1.43 bits per heavy atom.